The lowest BCUT2D eigenvalue weighted by Gasteiger charge is -2.61. The third-order valence-corrected chi connectivity index (χ3v) is 8.90. The van der Waals surface area contributed by atoms with E-state index in [0.717, 1.165) is 18.8 Å². The summed E-state index contributed by atoms with van der Waals surface area (Å²) >= 11 is 0. The van der Waals surface area contributed by atoms with Gasteiger partial charge in [-0.3, -0.25) is 0 Å². The summed E-state index contributed by atoms with van der Waals surface area (Å²) < 4.78 is 0. The number of hydrogen-bond donors (Lipinski definition) is 2. The maximum atomic E-state index is 11.3. The minimum absolute atomic E-state index is 0.0677. The summed E-state index contributed by atoms with van der Waals surface area (Å²) in [5.74, 6) is 2.93. The zero-order valence-corrected chi connectivity index (χ0v) is 15.0. The smallest absolute Gasteiger partial charge is 0.0633 e. The maximum Gasteiger partial charge on any atom is 0.0633 e. The lowest BCUT2D eigenvalue weighted by Crippen LogP contribution is -2.61. The Bertz CT molecular complexity index is 488. The van der Waals surface area contributed by atoms with E-state index in [2.05, 4.69) is 34.6 Å². The molecular formula is C20H34O2. The summed E-state index contributed by atoms with van der Waals surface area (Å²) in [6, 6.07) is 0. The molecule has 0 unspecified atom stereocenters. The molecule has 2 N–H and O–H groups in total. The van der Waals surface area contributed by atoms with Crippen molar-refractivity contribution >= 4 is 0 Å². The maximum absolute atomic E-state index is 11.3. The van der Waals surface area contributed by atoms with Crippen molar-refractivity contribution in [3.8, 4) is 0 Å². The van der Waals surface area contributed by atoms with Gasteiger partial charge in [-0.1, -0.05) is 34.6 Å². The molecule has 4 aliphatic rings. The number of aliphatic hydroxyl groups is 2. The van der Waals surface area contributed by atoms with Crippen LogP contribution in [-0.4, -0.2) is 22.4 Å². The van der Waals surface area contributed by atoms with Gasteiger partial charge in [0.1, 0.15) is 0 Å². The summed E-state index contributed by atoms with van der Waals surface area (Å²) in [5.41, 5.74) is 0.311. The second-order valence-corrected chi connectivity index (χ2v) is 10.4. The van der Waals surface area contributed by atoms with Crippen LogP contribution in [0.25, 0.3) is 0 Å². The molecule has 2 nitrogen and oxygen atoms in total. The predicted octanol–water partition coefficient (Wildman–Crippen LogP) is 3.85. The molecule has 2 heteroatoms. The fourth-order valence-electron chi connectivity index (χ4n) is 7.26. The Morgan fingerprint density at radius 3 is 2.18 bits per heavy atom. The average Bonchev–Trinajstić information content (AvgIpc) is 2.94. The zero-order chi connectivity index (χ0) is 16.1. The molecule has 0 aliphatic heterocycles. The molecule has 4 saturated carbocycles. The average molecular weight is 306 g/mol. The largest absolute Gasteiger partial charge is 0.393 e. The molecule has 0 spiro atoms. The number of aliphatic hydroxyl groups excluding tert-OH is 2. The topological polar surface area (TPSA) is 40.5 Å². The second kappa shape index (κ2) is 4.30. The molecule has 0 bridgehead atoms. The Labute approximate surface area is 135 Å². The van der Waals surface area contributed by atoms with Gasteiger partial charge < -0.3 is 10.2 Å². The van der Waals surface area contributed by atoms with Crippen LogP contribution >= 0.6 is 0 Å². The Morgan fingerprint density at radius 1 is 0.909 bits per heavy atom. The summed E-state index contributed by atoms with van der Waals surface area (Å²) in [4.78, 5) is 0. The fourth-order valence-corrected chi connectivity index (χ4v) is 7.26. The van der Waals surface area contributed by atoms with Crippen molar-refractivity contribution in [3.63, 3.8) is 0 Å². The third-order valence-electron chi connectivity index (χ3n) is 8.90. The van der Waals surface area contributed by atoms with E-state index in [-0.39, 0.29) is 28.5 Å². The highest BCUT2D eigenvalue weighted by atomic mass is 16.3. The number of rotatable bonds is 1. The van der Waals surface area contributed by atoms with Crippen molar-refractivity contribution in [2.75, 3.05) is 0 Å². The van der Waals surface area contributed by atoms with Crippen molar-refractivity contribution < 1.29 is 10.2 Å². The van der Waals surface area contributed by atoms with Gasteiger partial charge in [0.25, 0.3) is 0 Å². The quantitative estimate of drug-likeness (QED) is 0.772. The molecule has 0 heterocycles. The normalized spacial score (nSPS) is 63.3. The molecule has 4 aliphatic carbocycles. The van der Waals surface area contributed by atoms with Crippen LogP contribution < -0.4 is 0 Å². The van der Waals surface area contributed by atoms with Crippen LogP contribution in [0.4, 0.5) is 0 Å². The van der Waals surface area contributed by atoms with Crippen LogP contribution in [0.1, 0.15) is 66.7 Å². The minimum atomic E-state index is -0.232. The molecule has 9 atom stereocenters. The van der Waals surface area contributed by atoms with Gasteiger partial charge in [-0.05, 0) is 77.9 Å². The fraction of sp³-hybridized carbons (Fsp3) is 1.00. The van der Waals surface area contributed by atoms with E-state index in [0.29, 0.717) is 23.7 Å². The van der Waals surface area contributed by atoms with Gasteiger partial charge in [0.15, 0.2) is 0 Å². The molecular weight excluding hydrogens is 272 g/mol. The van der Waals surface area contributed by atoms with Crippen molar-refractivity contribution in [1.29, 1.82) is 0 Å². The van der Waals surface area contributed by atoms with Crippen molar-refractivity contribution in [2.45, 2.75) is 78.9 Å². The number of hydrogen-bond acceptors (Lipinski definition) is 2. The highest BCUT2D eigenvalue weighted by Gasteiger charge is 2.72. The van der Waals surface area contributed by atoms with Crippen molar-refractivity contribution in [1.82, 2.24) is 0 Å². The van der Waals surface area contributed by atoms with Gasteiger partial charge in [0, 0.05) is 0 Å². The van der Waals surface area contributed by atoms with E-state index in [1.807, 2.05) is 0 Å². The lowest BCUT2D eigenvalue weighted by atomic mass is 9.46. The molecule has 126 valence electrons. The third kappa shape index (κ3) is 1.69. The van der Waals surface area contributed by atoms with Gasteiger partial charge in [0.05, 0.1) is 12.2 Å². The zero-order valence-electron chi connectivity index (χ0n) is 15.0. The highest BCUT2D eigenvalue weighted by molar-refractivity contribution is 5.21. The Balaban J connectivity index is 1.80. The minimum Gasteiger partial charge on any atom is -0.393 e. The molecule has 0 aromatic heterocycles. The van der Waals surface area contributed by atoms with E-state index < -0.39 is 0 Å². The van der Waals surface area contributed by atoms with Gasteiger partial charge in [-0.25, -0.2) is 0 Å². The van der Waals surface area contributed by atoms with E-state index in [9.17, 15) is 10.2 Å². The molecule has 22 heavy (non-hydrogen) atoms. The predicted molar refractivity (Wildman–Crippen MR) is 88.2 cm³/mol. The van der Waals surface area contributed by atoms with E-state index in [4.69, 9.17) is 0 Å². The molecule has 0 aromatic carbocycles. The second-order valence-electron chi connectivity index (χ2n) is 10.4. The van der Waals surface area contributed by atoms with Crippen molar-refractivity contribution in [3.05, 3.63) is 0 Å². The lowest BCUT2D eigenvalue weighted by molar-refractivity contribution is -0.199. The van der Waals surface area contributed by atoms with Gasteiger partial charge >= 0.3 is 0 Å². The van der Waals surface area contributed by atoms with Crippen LogP contribution in [-0.2, 0) is 0 Å². The first-order valence-electron chi connectivity index (χ1n) is 9.50. The summed E-state index contributed by atoms with van der Waals surface area (Å²) in [6.45, 7) is 11.7. The summed E-state index contributed by atoms with van der Waals surface area (Å²) in [6.07, 6.45) is 5.32. The first kappa shape index (κ1) is 15.4. The highest BCUT2D eigenvalue weighted by Crippen LogP contribution is 2.74. The summed E-state index contributed by atoms with van der Waals surface area (Å²) in [7, 11) is 0. The van der Waals surface area contributed by atoms with Gasteiger partial charge in [-0.15, -0.1) is 0 Å². The van der Waals surface area contributed by atoms with Crippen LogP contribution in [0, 0.1) is 45.8 Å². The standard InChI is InChI=1S/C20H34O2/c1-11(2)13-6-7-18(3)10-14(21)20(5)9-12-8-19(12,4)17(22)16(20)15(13)18/h11-17,21-22H,6-10H2,1-5H3/t12-,13+,14-,15-,16+,17+,18-,19-,20-/m1/s1. The Kier molecular flexibility index (Phi) is 3.02. The first-order valence-corrected chi connectivity index (χ1v) is 9.50. The van der Waals surface area contributed by atoms with E-state index in [1.165, 1.54) is 19.3 Å². The molecule has 0 amide bonds. The summed E-state index contributed by atoms with van der Waals surface area (Å²) in [5, 5.41) is 22.3. The van der Waals surface area contributed by atoms with Crippen LogP contribution in [0.2, 0.25) is 0 Å². The molecule has 0 saturated heterocycles. The molecule has 0 aromatic rings. The van der Waals surface area contributed by atoms with Crippen LogP contribution in [0.3, 0.4) is 0 Å². The molecule has 4 rings (SSSR count). The van der Waals surface area contributed by atoms with Gasteiger partial charge in [0.2, 0.25) is 0 Å². The first-order chi connectivity index (χ1) is 10.1. The van der Waals surface area contributed by atoms with Crippen molar-refractivity contribution in [2.24, 2.45) is 45.8 Å². The van der Waals surface area contributed by atoms with Crippen LogP contribution in [0.5, 0.6) is 0 Å². The van der Waals surface area contributed by atoms with Gasteiger partial charge in [-0.2, -0.15) is 0 Å². The monoisotopic (exact) mass is 306 g/mol. The van der Waals surface area contributed by atoms with Crippen LogP contribution in [0.15, 0.2) is 0 Å². The van der Waals surface area contributed by atoms with E-state index >= 15 is 0 Å². The Hall–Kier alpha value is -0.0800. The number of fused-ring (bicyclic) bond motifs is 4. The Morgan fingerprint density at radius 2 is 1.55 bits per heavy atom. The molecule has 4 fully saturated rings. The molecule has 0 radical (unpaired) electrons. The van der Waals surface area contributed by atoms with E-state index in [1.54, 1.807) is 0 Å². The SMILES string of the molecule is CC(C)[C@@H]1CC[C@]2(C)C[C@@H](O)[C@@]3(C)C[C@H]4C[C@@]4(C)[C@@H](O)[C@@H]3[C@@H]12.